The number of fused-ring (bicyclic) bond motifs is 1. The minimum Gasteiger partial charge on any atom is -0.496 e. The van der Waals surface area contributed by atoms with Crippen LogP contribution in [0.1, 0.15) is 5.56 Å². The molecule has 0 fully saturated rings. The van der Waals surface area contributed by atoms with Gasteiger partial charge in [0.05, 0.1) is 30.9 Å². The molecule has 96 valence electrons. The van der Waals surface area contributed by atoms with Crippen LogP contribution in [0.5, 0.6) is 5.75 Å². The van der Waals surface area contributed by atoms with E-state index in [1.807, 2.05) is 34.9 Å². The van der Waals surface area contributed by atoms with Gasteiger partial charge in [0, 0.05) is 11.8 Å². The number of aromatic amines is 1. The van der Waals surface area contributed by atoms with Crippen molar-refractivity contribution in [2.45, 2.75) is 6.54 Å². The van der Waals surface area contributed by atoms with Gasteiger partial charge in [-0.05, 0) is 24.4 Å². The number of H-pyrrole nitrogens is 1. The number of rotatable bonds is 3. The highest BCUT2D eigenvalue weighted by Crippen LogP contribution is 2.21. The number of aromatic nitrogens is 3. The average Bonchev–Trinajstić information content (AvgIpc) is 2.76. The number of methoxy groups -OCH3 is 1. The molecule has 0 radical (unpaired) electrons. The van der Waals surface area contributed by atoms with Crippen molar-refractivity contribution in [3.05, 3.63) is 53.1 Å². The summed E-state index contributed by atoms with van der Waals surface area (Å²) in [5, 5.41) is 0. The molecule has 0 saturated carbocycles. The van der Waals surface area contributed by atoms with E-state index in [0.29, 0.717) is 11.3 Å². The van der Waals surface area contributed by atoms with Crippen LogP contribution in [0, 0.1) is 4.77 Å². The first-order valence-corrected chi connectivity index (χ1v) is 6.35. The van der Waals surface area contributed by atoms with Gasteiger partial charge in [0.15, 0.2) is 4.77 Å². The van der Waals surface area contributed by atoms with E-state index in [1.165, 1.54) is 0 Å². The number of para-hydroxylation sites is 1. The normalized spacial score (nSPS) is 10.8. The van der Waals surface area contributed by atoms with Crippen LogP contribution in [-0.4, -0.2) is 21.6 Å². The van der Waals surface area contributed by atoms with Crippen LogP contribution in [0.3, 0.4) is 0 Å². The third kappa shape index (κ3) is 2.13. The lowest BCUT2D eigenvalue weighted by Gasteiger charge is -2.09. The topological polar surface area (TPSA) is 42.8 Å². The Hall–Kier alpha value is -2.14. The van der Waals surface area contributed by atoms with Crippen molar-refractivity contribution in [2.75, 3.05) is 7.11 Å². The van der Waals surface area contributed by atoms with E-state index in [9.17, 15) is 0 Å². The third-order valence-electron chi connectivity index (χ3n) is 3.10. The van der Waals surface area contributed by atoms with Crippen LogP contribution in [0.25, 0.3) is 11.0 Å². The highest BCUT2D eigenvalue weighted by molar-refractivity contribution is 7.71. The van der Waals surface area contributed by atoms with Gasteiger partial charge in [-0.3, -0.25) is 4.98 Å². The van der Waals surface area contributed by atoms with Crippen LogP contribution in [0.4, 0.5) is 0 Å². The molecule has 2 heterocycles. The summed E-state index contributed by atoms with van der Waals surface area (Å²) in [5.74, 6) is 0.868. The van der Waals surface area contributed by atoms with Crippen molar-refractivity contribution >= 4 is 23.3 Å². The number of imidazole rings is 1. The largest absolute Gasteiger partial charge is 0.496 e. The average molecular weight is 271 g/mol. The Labute approximate surface area is 115 Å². The van der Waals surface area contributed by atoms with Crippen LogP contribution >= 0.6 is 12.2 Å². The van der Waals surface area contributed by atoms with Gasteiger partial charge in [0.2, 0.25) is 0 Å². The molecule has 0 aliphatic carbocycles. The number of benzene rings is 1. The molecule has 5 heteroatoms. The highest BCUT2D eigenvalue weighted by Gasteiger charge is 2.07. The molecule has 4 nitrogen and oxygen atoms in total. The maximum absolute atomic E-state index is 5.38. The van der Waals surface area contributed by atoms with E-state index in [4.69, 9.17) is 17.0 Å². The van der Waals surface area contributed by atoms with Crippen LogP contribution in [0.15, 0.2) is 42.7 Å². The fourth-order valence-electron chi connectivity index (χ4n) is 2.17. The van der Waals surface area contributed by atoms with Gasteiger partial charge in [-0.25, -0.2) is 0 Å². The SMILES string of the molecule is COc1ccccc1Cn1c(=S)[nH]c2cnccc21. The Morgan fingerprint density at radius 2 is 2.16 bits per heavy atom. The lowest BCUT2D eigenvalue weighted by Crippen LogP contribution is -2.01. The molecule has 0 amide bonds. The van der Waals surface area contributed by atoms with Crippen molar-refractivity contribution in [1.82, 2.24) is 14.5 Å². The van der Waals surface area contributed by atoms with Gasteiger partial charge in [-0.15, -0.1) is 0 Å². The van der Waals surface area contributed by atoms with Crippen molar-refractivity contribution in [3.8, 4) is 5.75 Å². The van der Waals surface area contributed by atoms with Crippen LogP contribution in [-0.2, 0) is 6.54 Å². The van der Waals surface area contributed by atoms with Gasteiger partial charge < -0.3 is 14.3 Å². The smallest absolute Gasteiger partial charge is 0.178 e. The molecular formula is C14H13N3OS. The number of hydrogen-bond donors (Lipinski definition) is 1. The minimum absolute atomic E-state index is 0.673. The summed E-state index contributed by atoms with van der Waals surface area (Å²) in [6.45, 7) is 0.673. The number of pyridine rings is 1. The summed E-state index contributed by atoms with van der Waals surface area (Å²) in [7, 11) is 1.68. The molecule has 0 saturated heterocycles. The van der Waals surface area contributed by atoms with E-state index < -0.39 is 0 Å². The lowest BCUT2D eigenvalue weighted by atomic mass is 10.2. The fourth-order valence-corrected chi connectivity index (χ4v) is 2.44. The summed E-state index contributed by atoms with van der Waals surface area (Å²) < 4.78 is 8.11. The Balaban J connectivity index is 2.11. The Morgan fingerprint density at radius 1 is 1.32 bits per heavy atom. The minimum atomic E-state index is 0.673. The molecule has 0 aliphatic heterocycles. The number of nitrogens with one attached hydrogen (secondary N) is 1. The predicted molar refractivity (Wildman–Crippen MR) is 77.0 cm³/mol. The Bertz CT molecular complexity index is 775. The van der Waals surface area contributed by atoms with Crippen molar-refractivity contribution in [2.24, 2.45) is 0 Å². The first-order chi connectivity index (χ1) is 9.29. The van der Waals surface area contributed by atoms with Crippen molar-refractivity contribution in [3.63, 3.8) is 0 Å². The zero-order chi connectivity index (χ0) is 13.2. The summed E-state index contributed by atoms with van der Waals surface area (Å²) in [4.78, 5) is 7.25. The molecule has 0 bridgehead atoms. The molecule has 0 spiro atoms. The van der Waals surface area contributed by atoms with Gasteiger partial charge in [-0.1, -0.05) is 18.2 Å². The van der Waals surface area contributed by atoms with E-state index in [0.717, 1.165) is 22.3 Å². The van der Waals surface area contributed by atoms with Gasteiger partial charge in [-0.2, -0.15) is 0 Å². The first kappa shape index (κ1) is 11.9. The molecule has 0 unspecified atom stereocenters. The standard InChI is InChI=1S/C14H13N3OS/c1-18-13-5-3-2-4-10(13)9-17-12-6-7-15-8-11(12)16-14(17)19/h2-8H,9H2,1H3,(H,16,19). The summed E-state index contributed by atoms with van der Waals surface area (Å²) in [6, 6.07) is 9.91. The van der Waals surface area contributed by atoms with E-state index in [-0.39, 0.29) is 0 Å². The molecule has 3 rings (SSSR count). The first-order valence-electron chi connectivity index (χ1n) is 5.94. The Kier molecular flexibility index (Phi) is 3.05. The maximum atomic E-state index is 5.38. The van der Waals surface area contributed by atoms with E-state index in [1.54, 1.807) is 19.5 Å². The van der Waals surface area contributed by atoms with Crippen molar-refractivity contribution in [1.29, 1.82) is 0 Å². The van der Waals surface area contributed by atoms with E-state index >= 15 is 0 Å². The molecule has 1 N–H and O–H groups in total. The van der Waals surface area contributed by atoms with Crippen LogP contribution < -0.4 is 4.74 Å². The molecule has 0 aliphatic rings. The fraction of sp³-hybridized carbons (Fsp3) is 0.143. The second kappa shape index (κ2) is 4.85. The molecule has 19 heavy (non-hydrogen) atoms. The second-order valence-corrected chi connectivity index (χ2v) is 4.61. The third-order valence-corrected chi connectivity index (χ3v) is 3.42. The molecule has 3 aromatic rings. The molecule has 1 aromatic carbocycles. The number of nitrogens with zero attached hydrogens (tertiary/aromatic N) is 2. The van der Waals surface area contributed by atoms with Crippen molar-refractivity contribution < 1.29 is 4.74 Å². The summed E-state index contributed by atoms with van der Waals surface area (Å²) in [5.41, 5.74) is 3.09. The zero-order valence-electron chi connectivity index (χ0n) is 10.5. The monoisotopic (exact) mass is 271 g/mol. The second-order valence-electron chi connectivity index (χ2n) is 4.22. The summed E-state index contributed by atoms with van der Waals surface area (Å²) in [6.07, 6.45) is 3.55. The van der Waals surface area contributed by atoms with Gasteiger partial charge in [0.1, 0.15) is 5.75 Å². The highest BCUT2D eigenvalue weighted by atomic mass is 32.1. The zero-order valence-corrected chi connectivity index (χ0v) is 11.3. The number of hydrogen-bond acceptors (Lipinski definition) is 3. The summed E-state index contributed by atoms with van der Waals surface area (Å²) >= 11 is 5.37. The quantitative estimate of drug-likeness (QED) is 0.744. The van der Waals surface area contributed by atoms with Gasteiger partial charge >= 0.3 is 0 Å². The lowest BCUT2D eigenvalue weighted by molar-refractivity contribution is 0.408. The molecular weight excluding hydrogens is 258 g/mol. The van der Waals surface area contributed by atoms with E-state index in [2.05, 4.69) is 9.97 Å². The number of ether oxygens (including phenoxy) is 1. The maximum Gasteiger partial charge on any atom is 0.178 e. The Morgan fingerprint density at radius 3 is 3.00 bits per heavy atom. The van der Waals surface area contributed by atoms with Crippen LogP contribution in [0.2, 0.25) is 0 Å². The molecule has 0 atom stereocenters. The van der Waals surface area contributed by atoms with Gasteiger partial charge in [0.25, 0.3) is 0 Å². The molecule has 2 aromatic heterocycles. The predicted octanol–water partition coefficient (Wildman–Crippen LogP) is 3.15.